The summed E-state index contributed by atoms with van der Waals surface area (Å²) in [4.78, 5) is 3.75. The number of nitrogens with zero attached hydrogens (tertiary/aromatic N) is 1. The molecule has 0 bridgehead atoms. The topological polar surface area (TPSA) is 15.3 Å². The Morgan fingerprint density at radius 3 is 2.56 bits per heavy atom. The first-order chi connectivity index (χ1) is 7.15. The summed E-state index contributed by atoms with van der Waals surface area (Å²) in [6.07, 6.45) is 1.20. The lowest BCUT2D eigenvalue weighted by molar-refractivity contribution is 0.276. The summed E-state index contributed by atoms with van der Waals surface area (Å²) in [6, 6.07) is 2.83. The number of hydrogen-bond donors (Lipinski definition) is 1. The van der Waals surface area contributed by atoms with Crippen LogP contribution in [-0.2, 0) is 6.54 Å². The average molecular weight is 263 g/mol. The third-order valence-electron chi connectivity index (χ3n) is 2.84. The number of nitrogens with one attached hydrogen (secondary N) is 1. The van der Waals surface area contributed by atoms with Gasteiger partial charge in [-0.1, -0.05) is 6.92 Å². The lowest BCUT2D eigenvalue weighted by Crippen LogP contribution is -2.37. The van der Waals surface area contributed by atoms with E-state index in [4.69, 9.17) is 0 Å². The fraction of sp³-hybridized carbons (Fsp3) is 0.667. The molecule has 0 radical (unpaired) electrons. The fourth-order valence-electron chi connectivity index (χ4n) is 1.63. The van der Waals surface area contributed by atoms with Crippen LogP contribution in [0.3, 0.4) is 0 Å². The van der Waals surface area contributed by atoms with Crippen LogP contribution < -0.4 is 5.32 Å². The van der Waals surface area contributed by atoms with Gasteiger partial charge in [-0.05, 0) is 44.4 Å². The molecule has 1 aromatic rings. The van der Waals surface area contributed by atoms with E-state index in [9.17, 15) is 0 Å². The smallest absolute Gasteiger partial charge is 0.0303 e. The summed E-state index contributed by atoms with van der Waals surface area (Å²) in [5.74, 6) is 0. The maximum Gasteiger partial charge on any atom is 0.0303 e. The SMILES string of the molecule is CCC(CNCc1sccc1C)N(C)C.Cl. The highest BCUT2D eigenvalue weighted by atomic mass is 35.5. The Morgan fingerprint density at radius 2 is 2.12 bits per heavy atom. The van der Waals surface area contributed by atoms with Crippen LogP contribution in [-0.4, -0.2) is 31.6 Å². The van der Waals surface area contributed by atoms with Crippen molar-refractivity contribution >= 4 is 23.7 Å². The van der Waals surface area contributed by atoms with Crippen LogP contribution in [0.5, 0.6) is 0 Å². The molecule has 0 spiro atoms. The average Bonchev–Trinajstić information content (AvgIpc) is 2.58. The van der Waals surface area contributed by atoms with Crippen molar-refractivity contribution in [3.8, 4) is 0 Å². The number of likely N-dealkylation sites (N-methyl/N-ethyl adjacent to an activating group) is 1. The van der Waals surface area contributed by atoms with Gasteiger partial charge in [-0.2, -0.15) is 0 Å². The summed E-state index contributed by atoms with van der Waals surface area (Å²) >= 11 is 1.84. The first-order valence-corrected chi connectivity index (χ1v) is 6.43. The van der Waals surface area contributed by atoms with E-state index in [0.717, 1.165) is 13.1 Å². The Bertz CT molecular complexity index is 286. The molecule has 0 saturated carbocycles. The molecular formula is C12H23ClN2S. The molecule has 0 fully saturated rings. The van der Waals surface area contributed by atoms with Crippen LogP contribution in [0, 0.1) is 6.92 Å². The van der Waals surface area contributed by atoms with Crippen molar-refractivity contribution in [2.45, 2.75) is 32.9 Å². The van der Waals surface area contributed by atoms with E-state index in [1.165, 1.54) is 16.9 Å². The van der Waals surface area contributed by atoms with Gasteiger partial charge in [-0.15, -0.1) is 23.7 Å². The number of rotatable bonds is 6. The van der Waals surface area contributed by atoms with Crippen LogP contribution in [0.25, 0.3) is 0 Å². The molecule has 1 rings (SSSR count). The van der Waals surface area contributed by atoms with Crippen molar-refractivity contribution in [3.63, 3.8) is 0 Å². The molecule has 0 aliphatic carbocycles. The van der Waals surface area contributed by atoms with E-state index in [2.05, 4.69) is 49.6 Å². The van der Waals surface area contributed by atoms with Crippen molar-refractivity contribution in [2.24, 2.45) is 0 Å². The zero-order valence-corrected chi connectivity index (χ0v) is 12.3. The molecule has 1 unspecified atom stereocenters. The van der Waals surface area contributed by atoms with E-state index in [0.29, 0.717) is 6.04 Å². The Hall–Kier alpha value is -0.0900. The number of thiophene rings is 1. The molecule has 0 aliphatic rings. The molecular weight excluding hydrogens is 240 g/mol. The second kappa shape index (κ2) is 8.07. The van der Waals surface area contributed by atoms with Gasteiger partial charge in [0.1, 0.15) is 0 Å². The predicted molar refractivity (Wildman–Crippen MR) is 75.8 cm³/mol. The van der Waals surface area contributed by atoms with E-state index < -0.39 is 0 Å². The molecule has 16 heavy (non-hydrogen) atoms. The second-order valence-corrected chi connectivity index (χ2v) is 5.18. The van der Waals surface area contributed by atoms with Crippen molar-refractivity contribution < 1.29 is 0 Å². The van der Waals surface area contributed by atoms with E-state index in [-0.39, 0.29) is 12.4 Å². The predicted octanol–water partition coefficient (Wildman–Crippen LogP) is 2.91. The summed E-state index contributed by atoms with van der Waals surface area (Å²) in [7, 11) is 4.29. The summed E-state index contributed by atoms with van der Waals surface area (Å²) < 4.78 is 0. The highest BCUT2D eigenvalue weighted by Crippen LogP contribution is 2.14. The summed E-state index contributed by atoms with van der Waals surface area (Å²) in [5.41, 5.74) is 1.41. The Kier molecular flexibility index (Phi) is 8.02. The Morgan fingerprint density at radius 1 is 1.44 bits per heavy atom. The lowest BCUT2D eigenvalue weighted by atomic mass is 10.2. The molecule has 1 N–H and O–H groups in total. The molecule has 0 aromatic carbocycles. The first-order valence-electron chi connectivity index (χ1n) is 5.55. The third-order valence-corrected chi connectivity index (χ3v) is 3.86. The molecule has 1 aromatic heterocycles. The van der Waals surface area contributed by atoms with Gasteiger partial charge in [0.05, 0.1) is 0 Å². The van der Waals surface area contributed by atoms with Gasteiger partial charge < -0.3 is 10.2 Å². The summed E-state index contributed by atoms with van der Waals surface area (Å²) in [5, 5.41) is 5.69. The normalized spacial score (nSPS) is 12.6. The van der Waals surface area contributed by atoms with Gasteiger partial charge in [0.15, 0.2) is 0 Å². The quantitative estimate of drug-likeness (QED) is 0.848. The van der Waals surface area contributed by atoms with Gasteiger partial charge in [0, 0.05) is 24.0 Å². The zero-order valence-electron chi connectivity index (χ0n) is 10.6. The molecule has 4 heteroatoms. The maximum atomic E-state index is 3.53. The standard InChI is InChI=1S/C12H22N2S.ClH/c1-5-11(14(3)4)8-13-9-12-10(2)6-7-15-12;/h6-7,11,13H,5,8-9H2,1-4H3;1H. The van der Waals surface area contributed by atoms with E-state index in [1.807, 2.05) is 11.3 Å². The van der Waals surface area contributed by atoms with Crippen LogP contribution in [0.1, 0.15) is 23.8 Å². The number of halogens is 1. The molecule has 0 saturated heterocycles. The maximum absolute atomic E-state index is 3.53. The molecule has 94 valence electrons. The van der Waals surface area contributed by atoms with Gasteiger partial charge in [0.25, 0.3) is 0 Å². The molecule has 1 atom stereocenters. The van der Waals surface area contributed by atoms with Crippen LogP contribution in [0.15, 0.2) is 11.4 Å². The van der Waals surface area contributed by atoms with E-state index >= 15 is 0 Å². The van der Waals surface area contributed by atoms with Crippen molar-refractivity contribution in [1.82, 2.24) is 10.2 Å². The number of hydrogen-bond acceptors (Lipinski definition) is 3. The molecule has 1 heterocycles. The minimum atomic E-state index is 0. The largest absolute Gasteiger partial charge is 0.310 e. The minimum absolute atomic E-state index is 0. The Balaban J connectivity index is 0.00000225. The molecule has 0 amide bonds. The fourth-order valence-corrected chi connectivity index (χ4v) is 2.51. The van der Waals surface area contributed by atoms with Crippen molar-refractivity contribution in [1.29, 1.82) is 0 Å². The first kappa shape index (κ1) is 15.9. The number of aryl methyl sites for hydroxylation is 1. The van der Waals surface area contributed by atoms with Gasteiger partial charge in [-0.25, -0.2) is 0 Å². The summed E-state index contributed by atoms with van der Waals surface area (Å²) in [6.45, 7) is 6.49. The van der Waals surface area contributed by atoms with Crippen LogP contribution in [0.2, 0.25) is 0 Å². The second-order valence-electron chi connectivity index (χ2n) is 4.18. The lowest BCUT2D eigenvalue weighted by Gasteiger charge is -2.23. The van der Waals surface area contributed by atoms with E-state index in [1.54, 1.807) is 0 Å². The van der Waals surface area contributed by atoms with Crippen LogP contribution in [0.4, 0.5) is 0 Å². The van der Waals surface area contributed by atoms with Crippen LogP contribution >= 0.6 is 23.7 Å². The molecule has 2 nitrogen and oxygen atoms in total. The highest BCUT2D eigenvalue weighted by Gasteiger charge is 2.08. The van der Waals surface area contributed by atoms with Gasteiger partial charge in [0.2, 0.25) is 0 Å². The minimum Gasteiger partial charge on any atom is -0.310 e. The van der Waals surface area contributed by atoms with Gasteiger partial charge in [-0.3, -0.25) is 0 Å². The highest BCUT2D eigenvalue weighted by molar-refractivity contribution is 7.10. The van der Waals surface area contributed by atoms with Crippen molar-refractivity contribution in [3.05, 3.63) is 21.9 Å². The monoisotopic (exact) mass is 262 g/mol. The third kappa shape index (κ3) is 4.83. The molecule has 0 aliphatic heterocycles. The van der Waals surface area contributed by atoms with Gasteiger partial charge >= 0.3 is 0 Å². The zero-order chi connectivity index (χ0) is 11.3. The Labute approximate surface area is 109 Å². The van der Waals surface area contributed by atoms with Crippen molar-refractivity contribution in [2.75, 3.05) is 20.6 Å².